The summed E-state index contributed by atoms with van der Waals surface area (Å²) in [6, 6.07) is 2.14. The fraction of sp³-hybridized carbons (Fsp3) is 0.583. The second-order valence-corrected chi connectivity index (χ2v) is 5.34. The molecule has 0 N–H and O–H groups in total. The molecule has 2 heterocycles. The van der Waals surface area contributed by atoms with Gasteiger partial charge in [-0.15, -0.1) is 0 Å². The molecule has 0 spiro atoms. The minimum Gasteiger partial charge on any atom is -0.369 e. The van der Waals surface area contributed by atoms with Gasteiger partial charge in [-0.1, -0.05) is 13.8 Å². The maximum atomic E-state index is 4.20. The van der Waals surface area contributed by atoms with Gasteiger partial charge in [0.15, 0.2) is 0 Å². The van der Waals surface area contributed by atoms with E-state index in [1.165, 1.54) is 31.6 Å². The van der Waals surface area contributed by atoms with Crippen LogP contribution in [0.15, 0.2) is 22.9 Å². The molecule has 0 unspecified atom stereocenters. The van der Waals surface area contributed by atoms with Crippen LogP contribution in [0.2, 0.25) is 0 Å². The molecule has 0 saturated carbocycles. The van der Waals surface area contributed by atoms with Gasteiger partial charge in [0.05, 0.1) is 11.9 Å². The molecule has 3 heteroatoms. The molecule has 0 aliphatic carbocycles. The van der Waals surface area contributed by atoms with Crippen LogP contribution in [0, 0.1) is 5.41 Å². The quantitative estimate of drug-likeness (QED) is 0.835. The number of rotatable bonds is 3. The van der Waals surface area contributed by atoms with Crippen LogP contribution in [0.1, 0.15) is 26.7 Å². The van der Waals surface area contributed by atoms with Crippen molar-refractivity contribution >= 4 is 21.6 Å². The molecule has 0 radical (unpaired) electrons. The van der Waals surface area contributed by atoms with Crippen molar-refractivity contribution in [2.75, 3.05) is 18.0 Å². The molecule has 1 fully saturated rings. The molecule has 15 heavy (non-hydrogen) atoms. The van der Waals surface area contributed by atoms with Crippen LogP contribution in [-0.2, 0) is 0 Å². The van der Waals surface area contributed by atoms with E-state index in [2.05, 4.69) is 45.7 Å². The molecular formula is C12H17BrN2. The first-order chi connectivity index (χ1) is 7.19. The molecule has 1 aromatic rings. The monoisotopic (exact) mass is 268 g/mol. The highest BCUT2D eigenvalue weighted by molar-refractivity contribution is 9.10. The van der Waals surface area contributed by atoms with Crippen molar-refractivity contribution in [3.05, 3.63) is 22.9 Å². The fourth-order valence-corrected chi connectivity index (χ4v) is 2.57. The van der Waals surface area contributed by atoms with Gasteiger partial charge in [-0.2, -0.15) is 0 Å². The molecule has 1 aliphatic heterocycles. The Kier molecular flexibility index (Phi) is 3.01. The number of halogens is 1. The van der Waals surface area contributed by atoms with Crippen LogP contribution < -0.4 is 4.90 Å². The lowest BCUT2D eigenvalue weighted by Crippen LogP contribution is -2.55. The van der Waals surface area contributed by atoms with Gasteiger partial charge in [-0.3, -0.25) is 4.98 Å². The van der Waals surface area contributed by atoms with E-state index < -0.39 is 0 Å². The first-order valence-corrected chi connectivity index (χ1v) is 6.34. The molecule has 1 aromatic heterocycles. The Hall–Kier alpha value is -0.570. The average molecular weight is 269 g/mol. The Morgan fingerprint density at radius 3 is 2.53 bits per heavy atom. The smallest absolute Gasteiger partial charge is 0.0564 e. The molecule has 2 rings (SSSR count). The van der Waals surface area contributed by atoms with Crippen molar-refractivity contribution in [3.63, 3.8) is 0 Å². The summed E-state index contributed by atoms with van der Waals surface area (Å²) in [4.78, 5) is 6.61. The van der Waals surface area contributed by atoms with E-state index in [-0.39, 0.29) is 0 Å². The van der Waals surface area contributed by atoms with Crippen LogP contribution in [0.3, 0.4) is 0 Å². The van der Waals surface area contributed by atoms with Crippen molar-refractivity contribution in [3.8, 4) is 0 Å². The zero-order chi connectivity index (χ0) is 10.9. The van der Waals surface area contributed by atoms with E-state index in [9.17, 15) is 0 Å². The van der Waals surface area contributed by atoms with Crippen molar-refractivity contribution in [1.29, 1.82) is 0 Å². The minimum atomic E-state index is 0.558. The highest BCUT2D eigenvalue weighted by Crippen LogP contribution is 2.39. The van der Waals surface area contributed by atoms with Crippen molar-refractivity contribution in [2.24, 2.45) is 5.41 Å². The van der Waals surface area contributed by atoms with E-state index in [0.29, 0.717) is 5.41 Å². The van der Waals surface area contributed by atoms with Crippen LogP contribution in [0.5, 0.6) is 0 Å². The fourth-order valence-electron chi connectivity index (χ4n) is 2.22. The van der Waals surface area contributed by atoms with E-state index in [1.807, 2.05) is 12.4 Å². The Morgan fingerprint density at radius 1 is 1.33 bits per heavy atom. The first-order valence-electron chi connectivity index (χ1n) is 5.54. The highest BCUT2D eigenvalue weighted by atomic mass is 79.9. The van der Waals surface area contributed by atoms with Crippen LogP contribution in [0.25, 0.3) is 0 Å². The second kappa shape index (κ2) is 4.12. The molecule has 2 nitrogen and oxygen atoms in total. The molecule has 0 bridgehead atoms. The molecular weight excluding hydrogens is 252 g/mol. The van der Waals surface area contributed by atoms with Gasteiger partial charge in [0.2, 0.25) is 0 Å². The Labute approximate surface area is 99.8 Å². The Morgan fingerprint density at radius 2 is 2.00 bits per heavy atom. The van der Waals surface area contributed by atoms with Crippen molar-refractivity contribution in [1.82, 2.24) is 4.98 Å². The normalized spacial score (nSPS) is 18.7. The van der Waals surface area contributed by atoms with Gasteiger partial charge in [0.25, 0.3) is 0 Å². The molecule has 0 aromatic carbocycles. The lowest BCUT2D eigenvalue weighted by atomic mass is 9.75. The van der Waals surface area contributed by atoms with Crippen LogP contribution in [-0.4, -0.2) is 18.1 Å². The number of nitrogens with zero attached hydrogens (tertiary/aromatic N) is 2. The average Bonchev–Trinajstić information content (AvgIpc) is 2.18. The highest BCUT2D eigenvalue weighted by Gasteiger charge is 2.39. The van der Waals surface area contributed by atoms with Gasteiger partial charge >= 0.3 is 0 Å². The second-order valence-electron chi connectivity index (χ2n) is 4.42. The third kappa shape index (κ3) is 2.03. The summed E-state index contributed by atoms with van der Waals surface area (Å²) in [5, 5.41) is 0. The van der Waals surface area contributed by atoms with Crippen LogP contribution in [0.4, 0.5) is 5.69 Å². The predicted molar refractivity (Wildman–Crippen MR) is 67.2 cm³/mol. The third-order valence-electron chi connectivity index (χ3n) is 3.61. The third-order valence-corrected chi connectivity index (χ3v) is 4.04. The van der Waals surface area contributed by atoms with E-state index >= 15 is 0 Å². The Balaban J connectivity index is 2.05. The summed E-state index contributed by atoms with van der Waals surface area (Å²) >= 11 is 3.46. The lowest BCUT2D eigenvalue weighted by Gasteiger charge is -2.51. The maximum absolute atomic E-state index is 4.20. The van der Waals surface area contributed by atoms with Gasteiger partial charge in [0, 0.05) is 29.2 Å². The first kappa shape index (κ1) is 10.9. The van der Waals surface area contributed by atoms with Gasteiger partial charge in [0.1, 0.15) is 0 Å². The molecule has 82 valence electrons. The number of aromatic nitrogens is 1. The lowest BCUT2D eigenvalue weighted by molar-refractivity contribution is 0.194. The molecule has 0 amide bonds. The summed E-state index contributed by atoms with van der Waals surface area (Å²) < 4.78 is 1.06. The molecule has 0 atom stereocenters. The Bertz CT molecular complexity index is 339. The summed E-state index contributed by atoms with van der Waals surface area (Å²) in [5.74, 6) is 0. The topological polar surface area (TPSA) is 16.1 Å². The zero-order valence-electron chi connectivity index (χ0n) is 9.33. The standard InChI is InChI=1S/C12H17BrN2/c1-3-12(4-2)8-15(9-12)11-5-10(13)6-14-7-11/h5-7H,3-4,8-9H2,1-2H3. The van der Waals surface area contributed by atoms with E-state index in [0.717, 1.165) is 4.47 Å². The number of anilines is 1. The summed E-state index contributed by atoms with van der Waals surface area (Å²) in [6.45, 7) is 6.94. The zero-order valence-corrected chi connectivity index (χ0v) is 10.9. The summed E-state index contributed by atoms with van der Waals surface area (Å²) in [6.07, 6.45) is 6.33. The number of pyridine rings is 1. The molecule has 1 aliphatic rings. The largest absolute Gasteiger partial charge is 0.369 e. The summed E-state index contributed by atoms with van der Waals surface area (Å²) in [7, 11) is 0. The van der Waals surface area contributed by atoms with Crippen LogP contribution >= 0.6 is 15.9 Å². The minimum absolute atomic E-state index is 0.558. The number of hydrogen-bond donors (Lipinski definition) is 0. The SMILES string of the molecule is CCC1(CC)CN(c2cncc(Br)c2)C1. The van der Waals surface area contributed by atoms with Crippen molar-refractivity contribution < 1.29 is 0 Å². The van der Waals surface area contributed by atoms with E-state index in [1.54, 1.807) is 0 Å². The van der Waals surface area contributed by atoms with Crippen molar-refractivity contribution in [2.45, 2.75) is 26.7 Å². The van der Waals surface area contributed by atoms with Gasteiger partial charge in [-0.25, -0.2) is 0 Å². The van der Waals surface area contributed by atoms with Gasteiger partial charge < -0.3 is 4.90 Å². The van der Waals surface area contributed by atoms with E-state index in [4.69, 9.17) is 0 Å². The molecule has 1 saturated heterocycles. The maximum Gasteiger partial charge on any atom is 0.0564 e. The predicted octanol–water partition coefficient (Wildman–Crippen LogP) is 3.47. The summed E-state index contributed by atoms with van der Waals surface area (Å²) in [5.41, 5.74) is 1.80. The van der Waals surface area contributed by atoms with Gasteiger partial charge in [-0.05, 0) is 34.8 Å². The number of hydrogen-bond acceptors (Lipinski definition) is 2.